The van der Waals surface area contributed by atoms with Gasteiger partial charge in [0.25, 0.3) is 0 Å². The first-order chi connectivity index (χ1) is 25.5. The van der Waals surface area contributed by atoms with E-state index in [0.717, 1.165) is 72.5 Å². The largest absolute Gasteiger partial charge is 0.455 e. The van der Waals surface area contributed by atoms with E-state index in [1.54, 1.807) is 0 Å². The molecule has 0 N–H and O–H groups in total. The van der Waals surface area contributed by atoms with Crippen molar-refractivity contribution in [1.82, 2.24) is 9.97 Å². The predicted octanol–water partition coefficient (Wildman–Crippen LogP) is 11.5. The summed E-state index contributed by atoms with van der Waals surface area (Å²) in [5.41, 5.74) is 14.2. The Balaban J connectivity index is 1.02. The molecule has 1 aliphatic heterocycles. The van der Waals surface area contributed by atoms with E-state index in [9.17, 15) is 0 Å². The Morgan fingerprint density at radius 1 is 0.423 bits per heavy atom. The van der Waals surface area contributed by atoms with Crippen LogP contribution in [-0.2, 0) is 0 Å². The molecule has 0 spiro atoms. The first-order valence-corrected chi connectivity index (χ1v) is 20.8. The maximum Gasteiger partial charge on any atom is 0.160 e. The first kappa shape index (κ1) is 30.5. The molecule has 0 aliphatic carbocycles. The molecular weight excluding hydrogens is 649 g/mol. The maximum atomic E-state index is 6.33. The van der Waals surface area contributed by atoms with E-state index in [0.29, 0.717) is 0 Å². The highest BCUT2D eigenvalue weighted by molar-refractivity contribution is 7.04. The summed E-state index contributed by atoms with van der Waals surface area (Å²) < 4.78 is 6.33. The van der Waals surface area contributed by atoms with Gasteiger partial charge in [0.2, 0.25) is 0 Å². The van der Waals surface area contributed by atoms with Gasteiger partial charge in [0, 0.05) is 27.5 Å². The number of para-hydroxylation sites is 2. The van der Waals surface area contributed by atoms with Crippen LogP contribution in [0.15, 0.2) is 174 Å². The van der Waals surface area contributed by atoms with Crippen molar-refractivity contribution in [3.63, 3.8) is 0 Å². The molecule has 0 unspecified atom stereocenters. The van der Waals surface area contributed by atoms with Crippen LogP contribution in [0.3, 0.4) is 0 Å². The molecular formula is C48H34N2OSi. The topological polar surface area (TPSA) is 38.9 Å². The second-order valence-electron chi connectivity index (χ2n) is 14.2. The molecule has 3 nitrogen and oxygen atoms in total. The number of nitrogens with zero attached hydrogens (tertiary/aromatic N) is 2. The molecule has 9 aromatic rings. The molecule has 0 saturated carbocycles. The number of hydrogen-bond donors (Lipinski definition) is 0. The number of hydrogen-bond acceptors (Lipinski definition) is 3. The van der Waals surface area contributed by atoms with Crippen molar-refractivity contribution in [2.75, 3.05) is 0 Å². The standard InChI is InChI=1S/C48H34N2OSi/c1-52(2)43-24-9-7-20-41(43)45-47(52)44(33-13-4-3-5-14-33)49-48(50-45)37-18-11-17-36(30-37)35-16-10-15-34(29-35)31-25-27-32(28-26-31)38-21-12-22-40-39-19-6-8-23-42(39)51-46(38)40/h3-30H,1-2H3. The summed E-state index contributed by atoms with van der Waals surface area (Å²) in [6.45, 7) is 4.85. The minimum absolute atomic E-state index is 0.757. The van der Waals surface area contributed by atoms with Crippen LogP contribution in [0.2, 0.25) is 13.1 Å². The third kappa shape index (κ3) is 4.87. The van der Waals surface area contributed by atoms with Gasteiger partial charge in [0.15, 0.2) is 5.82 Å². The monoisotopic (exact) mass is 682 g/mol. The van der Waals surface area contributed by atoms with Gasteiger partial charge in [0.1, 0.15) is 19.2 Å². The summed E-state index contributed by atoms with van der Waals surface area (Å²) in [5, 5.41) is 5.04. The molecule has 0 bridgehead atoms. The molecule has 0 fully saturated rings. The van der Waals surface area contributed by atoms with Crippen LogP contribution in [0, 0.1) is 0 Å². The predicted molar refractivity (Wildman–Crippen MR) is 219 cm³/mol. The lowest BCUT2D eigenvalue weighted by molar-refractivity contribution is 0.670. The Kier molecular flexibility index (Phi) is 6.95. The van der Waals surface area contributed by atoms with Crippen LogP contribution in [-0.4, -0.2) is 18.0 Å². The summed E-state index contributed by atoms with van der Waals surface area (Å²) in [7, 11) is -2.01. The zero-order valence-corrected chi connectivity index (χ0v) is 30.0. The van der Waals surface area contributed by atoms with E-state index in [1.807, 2.05) is 12.1 Å². The van der Waals surface area contributed by atoms with E-state index < -0.39 is 8.07 Å². The molecule has 0 radical (unpaired) electrons. The Bertz CT molecular complexity index is 2820. The summed E-state index contributed by atoms with van der Waals surface area (Å²) >= 11 is 0. The molecule has 0 amide bonds. The van der Waals surface area contributed by atoms with Crippen molar-refractivity contribution < 1.29 is 4.42 Å². The Hall–Kier alpha value is -6.36. The fourth-order valence-corrected chi connectivity index (χ4v) is 11.3. The lowest BCUT2D eigenvalue weighted by Gasteiger charge is -2.21. The normalized spacial score (nSPS) is 13.0. The zero-order chi connectivity index (χ0) is 34.8. The van der Waals surface area contributed by atoms with Crippen LogP contribution in [0.1, 0.15) is 0 Å². The van der Waals surface area contributed by atoms with E-state index in [2.05, 4.69) is 171 Å². The SMILES string of the molecule is C[Si]1(C)c2ccccc2-c2nc(-c3cccc(-c4cccc(-c5ccc(-c6cccc7c6oc6ccccc67)cc5)c4)c3)nc(-c3ccccc3)c21. The van der Waals surface area contributed by atoms with Crippen molar-refractivity contribution in [2.45, 2.75) is 13.1 Å². The van der Waals surface area contributed by atoms with Crippen molar-refractivity contribution in [3.8, 4) is 67.3 Å². The Labute approximate surface area is 303 Å². The maximum absolute atomic E-state index is 6.33. The lowest BCUT2D eigenvalue weighted by atomic mass is 9.96. The van der Waals surface area contributed by atoms with Crippen LogP contribution in [0.25, 0.3) is 89.2 Å². The van der Waals surface area contributed by atoms with Crippen LogP contribution < -0.4 is 10.4 Å². The molecule has 2 aromatic heterocycles. The Morgan fingerprint density at radius 2 is 0.981 bits per heavy atom. The number of benzene rings is 7. The molecule has 52 heavy (non-hydrogen) atoms. The van der Waals surface area contributed by atoms with Crippen molar-refractivity contribution in [2.24, 2.45) is 0 Å². The van der Waals surface area contributed by atoms with Crippen molar-refractivity contribution in [1.29, 1.82) is 0 Å². The van der Waals surface area contributed by atoms with Crippen LogP contribution in [0.5, 0.6) is 0 Å². The molecule has 0 atom stereocenters. The highest BCUT2D eigenvalue weighted by atomic mass is 28.3. The minimum Gasteiger partial charge on any atom is -0.455 e. The van der Waals surface area contributed by atoms with Gasteiger partial charge >= 0.3 is 0 Å². The van der Waals surface area contributed by atoms with Gasteiger partial charge in [-0.2, -0.15) is 0 Å². The average molecular weight is 683 g/mol. The minimum atomic E-state index is -2.01. The highest BCUT2D eigenvalue weighted by Gasteiger charge is 2.41. The molecule has 4 heteroatoms. The zero-order valence-electron chi connectivity index (χ0n) is 29.0. The fourth-order valence-electron chi connectivity index (χ4n) is 8.08. The first-order valence-electron chi connectivity index (χ1n) is 17.8. The van der Waals surface area contributed by atoms with Gasteiger partial charge in [-0.05, 0) is 62.0 Å². The molecule has 10 rings (SSSR count). The quantitative estimate of drug-likeness (QED) is 0.170. The van der Waals surface area contributed by atoms with E-state index >= 15 is 0 Å². The number of aromatic nitrogens is 2. The second-order valence-corrected chi connectivity index (χ2v) is 18.5. The summed E-state index contributed by atoms with van der Waals surface area (Å²) in [6.07, 6.45) is 0. The molecule has 3 heterocycles. The number of rotatable bonds is 5. The summed E-state index contributed by atoms with van der Waals surface area (Å²) in [5.74, 6) is 0.757. The van der Waals surface area contributed by atoms with Gasteiger partial charge in [-0.3, -0.25) is 0 Å². The van der Waals surface area contributed by atoms with E-state index in [4.69, 9.17) is 14.4 Å². The van der Waals surface area contributed by atoms with E-state index in [1.165, 1.54) is 27.1 Å². The number of furan rings is 1. The van der Waals surface area contributed by atoms with Gasteiger partial charge in [-0.25, -0.2) is 9.97 Å². The van der Waals surface area contributed by atoms with Crippen molar-refractivity contribution in [3.05, 3.63) is 170 Å². The fraction of sp³-hybridized carbons (Fsp3) is 0.0417. The van der Waals surface area contributed by atoms with Gasteiger partial charge < -0.3 is 4.42 Å². The average Bonchev–Trinajstić information content (AvgIpc) is 3.70. The second kappa shape index (κ2) is 11.9. The summed E-state index contributed by atoms with van der Waals surface area (Å²) in [6, 6.07) is 60.3. The third-order valence-corrected chi connectivity index (χ3v) is 14.2. The third-order valence-electron chi connectivity index (χ3n) is 10.7. The van der Waals surface area contributed by atoms with Crippen molar-refractivity contribution >= 4 is 40.4 Å². The molecule has 0 saturated heterocycles. The smallest absolute Gasteiger partial charge is 0.160 e. The Morgan fingerprint density at radius 3 is 1.79 bits per heavy atom. The molecule has 7 aromatic carbocycles. The van der Waals surface area contributed by atoms with Gasteiger partial charge in [0.05, 0.1) is 11.4 Å². The molecule has 246 valence electrons. The van der Waals surface area contributed by atoms with E-state index in [-0.39, 0.29) is 0 Å². The van der Waals surface area contributed by atoms with Crippen LogP contribution in [0.4, 0.5) is 0 Å². The highest BCUT2D eigenvalue weighted by Crippen LogP contribution is 2.38. The van der Waals surface area contributed by atoms with Crippen LogP contribution >= 0.6 is 0 Å². The van der Waals surface area contributed by atoms with Gasteiger partial charge in [-0.1, -0.05) is 165 Å². The number of fused-ring (bicyclic) bond motifs is 6. The summed E-state index contributed by atoms with van der Waals surface area (Å²) in [4.78, 5) is 10.7. The molecule has 1 aliphatic rings. The van der Waals surface area contributed by atoms with Gasteiger partial charge in [-0.15, -0.1) is 0 Å². The lowest BCUT2D eigenvalue weighted by Crippen LogP contribution is -2.50.